The summed E-state index contributed by atoms with van der Waals surface area (Å²) in [4.78, 5) is 13.2. The highest BCUT2D eigenvalue weighted by Gasteiger charge is 2.25. The molecule has 0 aliphatic carbocycles. The summed E-state index contributed by atoms with van der Waals surface area (Å²) in [6.07, 6.45) is 0.413. The van der Waals surface area contributed by atoms with Crippen LogP contribution in [0, 0.1) is 0 Å². The van der Waals surface area contributed by atoms with Crippen LogP contribution in [0.15, 0.2) is 0 Å². The second-order valence-electron chi connectivity index (χ2n) is 3.71. The molecule has 4 heteroatoms. The normalized spacial score (nSPS) is 11.5. The Labute approximate surface area is 80.0 Å². The Morgan fingerprint density at radius 1 is 1.54 bits per heavy atom. The van der Waals surface area contributed by atoms with Crippen molar-refractivity contribution in [3.05, 3.63) is 0 Å². The first kappa shape index (κ1) is 12.4. The molecule has 0 spiro atoms. The molecule has 0 radical (unpaired) electrons. The second-order valence-corrected chi connectivity index (χ2v) is 3.71. The second kappa shape index (κ2) is 5.19. The molecule has 0 bridgehead atoms. The summed E-state index contributed by atoms with van der Waals surface area (Å²) in [6, 6.07) is 0. The number of nitrogens with zero attached hydrogens (tertiary/aromatic N) is 1. The minimum absolute atomic E-state index is 0.0669. The van der Waals surface area contributed by atoms with E-state index in [2.05, 4.69) is 0 Å². The first-order chi connectivity index (χ1) is 5.95. The molecule has 0 aliphatic rings. The molecule has 0 aromatic carbocycles. The van der Waals surface area contributed by atoms with Crippen molar-refractivity contribution in [2.45, 2.75) is 25.8 Å². The quantitative estimate of drug-likeness (QED) is 0.671. The molecule has 0 unspecified atom stereocenters. The van der Waals surface area contributed by atoms with Gasteiger partial charge in [0.2, 0.25) is 5.91 Å². The Morgan fingerprint density at radius 2 is 2.08 bits per heavy atom. The van der Waals surface area contributed by atoms with Crippen LogP contribution in [0.25, 0.3) is 0 Å². The van der Waals surface area contributed by atoms with Gasteiger partial charge in [0.25, 0.3) is 0 Å². The minimum atomic E-state index is -0.273. The largest absolute Gasteiger partial charge is 0.384 e. The first-order valence-corrected chi connectivity index (χ1v) is 4.41. The van der Waals surface area contributed by atoms with Crippen molar-refractivity contribution in [1.29, 1.82) is 0 Å². The van der Waals surface area contributed by atoms with Crippen molar-refractivity contribution in [3.8, 4) is 0 Å². The van der Waals surface area contributed by atoms with Gasteiger partial charge in [-0.15, -0.1) is 0 Å². The molecule has 78 valence electrons. The van der Waals surface area contributed by atoms with Gasteiger partial charge < -0.3 is 15.4 Å². The van der Waals surface area contributed by atoms with Crippen LogP contribution in [0.5, 0.6) is 0 Å². The molecule has 0 atom stereocenters. The maximum Gasteiger partial charge on any atom is 0.225 e. The van der Waals surface area contributed by atoms with E-state index in [1.54, 1.807) is 19.1 Å². The van der Waals surface area contributed by atoms with E-state index in [4.69, 9.17) is 10.5 Å². The highest BCUT2D eigenvalue weighted by molar-refractivity contribution is 5.76. The van der Waals surface area contributed by atoms with Crippen LogP contribution in [-0.2, 0) is 9.53 Å². The number of amides is 1. The fraction of sp³-hybridized carbons (Fsp3) is 0.889. The van der Waals surface area contributed by atoms with E-state index in [0.29, 0.717) is 19.6 Å². The number of hydrogen-bond acceptors (Lipinski definition) is 3. The number of nitrogens with two attached hydrogens (primary N) is 1. The summed E-state index contributed by atoms with van der Waals surface area (Å²) >= 11 is 0. The van der Waals surface area contributed by atoms with Gasteiger partial charge in [0.15, 0.2) is 0 Å². The van der Waals surface area contributed by atoms with Gasteiger partial charge >= 0.3 is 0 Å². The number of hydrogen-bond donors (Lipinski definition) is 1. The first-order valence-electron chi connectivity index (χ1n) is 4.41. The van der Waals surface area contributed by atoms with Crippen molar-refractivity contribution in [2.24, 2.45) is 5.73 Å². The van der Waals surface area contributed by atoms with E-state index in [1.165, 1.54) is 0 Å². The molecule has 0 rings (SSSR count). The predicted molar refractivity (Wildman–Crippen MR) is 52.4 cm³/mol. The minimum Gasteiger partial charge on any atom is -0.384 e. The zero-order chi connectivity index (χ0) is 10.5. The lowest BCUT2D eigenvalue weighted by atomic mass is 10.0. The molecule has 0 heterocycles. The lowest BCUT2D eigenvalue weighted by Gasteiger charge is -2.34. The molecule has 0 saturated heterocycles. The molecule has 0 aliphatic heterocycles. The number of carbonyl (C=O) groups excluding carboxylic acids is 1. The Morgan fingerprint density at radius 3 is 2.46 bits per heavy atom. The van der Waals surface area contributed by atoms with Gasteiger partial charge in [-0.2, -0.15) is 0 Å². The van der Waals surface area contributed by atoms with Crippen LogP contribution in [0.1, 0.15) is 20.3 Å². The topological polar surface area (TPSA) is 55.6 Å². The molecular weight excluding hydrogens is 168 g/mol. The summed E-state index contributed by atoms with van der Waals surface area (Å²) in [5, 5.41) is 0. The number of methoxy groups -OCH3 is 1. The average molecular weight is 188 g/mol. The van der Waals surface area contributed by atoms with E-state index < -0.39 is 0 Å². The fourth-order valence-electron chi connectivity index (χ4n) is 0.832. The monoisotopic (exact) mass is 188 g/mol. The molecule has 0 fully saturated rings. The Balaban J connectivity index is 4.09. The standard InChI is InChI=1S/C9H20N2O2/c1-9(2,7-10)11(3)8(12)5-6-13-4/h5-7,10H2,1-4H3. The molecule has 2 N–H and O–H groups in total. The van der Waals surface area contributed by atoms with Crippen LogP contribution in [0.2, 0.25) is 0 Å². The smallest absolute Gasteiger partial charge is 0.225 e. The van der Waals surface area contributed by atoms with Crippen molar-refractivity contribution >= 4 is 5.91 Å². The van der Waals surface area contributed by atoms with Crippen molar-refractivity contribution < 1.29 is 9.53 Å². The van der Waals surface area contributed by atoms with Crippen LogP contribution in [-0.4, -0.2) is 43.7 Å². The van der Waals surface area contributed by atoms with Gasteiger partial charge in [-0.25, -0.2) is 0 Å². The predicted octanol–water partition coefficient (Wildman–Crippen LogP) is 0.219. The van der Waals surface area contributed by atoms with Crippen LogP contribution < -0.4 is 5.73 Å². The Kier molecular flexibility index (Phi) is 4.95. The Hall–Kier alpha value is -0.610. The Bertz CT molecular complexity index is 169. The van der Waals surface area contributed by atoms with Crippen LogP contribution in [0.4, 0.5) is 0 Å². The fourth-order valence-corrected chi connectivity index (χ4v) is 0.832. The molecule has 0 aromatic heterocycles. The molecule has 0 saturated carbocycles. The van der Waals surface area contributed by atoms with Gasteiger partial charge in [0.05, 0.1) is 13.0 Å². The number of carbonyl (C=O) groups is 1. The van der Waals surface area contributed by atoms with E-state index >= 15 is 0 Å². The summed E-state index contributed by atoms with van der Waals surface area (Å²) in [5.74, 6) is 0.0669. The zero-order valence-corrected chi connectivity index (χ0v) is 8.96. The number of likely N-dealkylation sites (N-methyl/N-ethyl adjacent to an activating group) is 1. The van der Waals surface area contributed by atoms with Crippen molar-refractivity contribution in [2.75, 3.05) is 27.3 Å². The maximum atomic E-state index is 11.5. The van der Waals surface area contributed by atoms with Gasteiger partial charge in [-0.3, -0.25) is 4.79 Å². The van der Waals surface area contributed by atoms with Crippen molar-refractivity contribution in [1.82, 2.24) is 4.90 Å². The third kappa shape index (κ3) is 3.74. The maximum absolute atomic E-state index is 11.5. The van der Waals surface area contributed by atoms with E-state index in [0.717, 1.165) is 0 Å². The summed E-state index contributed by atoms with van der Waals surface area (Å²) in [6.45, 7) is 4.81. The van der Waals surface area contributed by atoms with Gasteiger partial charge in [-0.1, -0.05) is 0 Å². The van der Waals surface area contributed by atoms with Gasteiger partial charge in [0, 0.05) is 26.2 Å². The molecule has 4 nitrogen and oxygen atoms in total. The van der Waals surface area contributed by atoms with E-state index in [9.17, 15) is 4.79 Å². The third-order valence-corrected chi connectivity index (χ3v) is 2.30. The van der Waals surface area contributed by atoms with Gasteiger partial charge in [-0.05, 0) is 13.8 Å². The van der Waals surface area contributed by atoms with Crippen LogP contribution in [0.3, 0.4) is 0 Å². The number of rotatable bonds is 5. The number of ether oxygens (including phenoxy) is 1. The van der Waals surface area contributed by atoms with Crippen molar-refractivity contribution in [3.63, 3.8) is 0 Å². The molecule has 1 amide bonds. The summed E-state index contributed by atoms with van der Waals surface area (Å²) in [5.41, 5.74) is 5.28. The highest BCUT2D eigenvalue weighted by Crippen LogP contribution is 2.11. The van der Waals surface area contributed by atoms with Gasteiger partial charge in [0.1, 0.15) is 0 Å². The van der Waals surface area contributed by atoms with Crippen LogP contribution >= 0.6 is 0 Å². The molecule has 0 aromatic rings. The third-order valence-electron chi connectivity index (χ3n) is 2.30. The lowest BCUT2D eigenvalue weighted by molar-refractivity contribution is -0.135. The SMILES string of the molecule is COCCC(=O)N(C)C(C)(C)CN. The average Bonchev–Trinajstić information content (AvgIpc) is 2.12. The van der Waals surface area contributed by atoms with E-state index in [1.807, 2.05) is 13.8 Å². The lowest BCUT2D eigenvalue weighted by Crippen LogP contribution is -2.50. The highest BCUT2D eigenvalue weighted by atomic mass is 16.5. The summed E-state index contributed by atoms with van der Waals surface area (Å²) < 4.78 is 4.83. The summed E-state index contributed by atoms with van der Waals surface area (Å²) in [7, 11) is 3.35. The molecule has 13 heavy (non-hydrogen) atoms. The molecular formula is C9H20N2O2. The van der Waals surface area contributed by atoms with E-state index in [-0.39, 0.29) is 11.4 Å². The zero-order valence-electron chi connectivity index (χ0n) is 8.96.